The quantitative estimate of drug-likeness (QED) is 0.842. The third-order valence-electron chi connectivity index (χ3n) is 2.87. The van der Waals surface area contributed by atoms with E-state index in [1.54, 1.807) is 0 Å². The lowest BCUT2D eigenvalue weighted by Gasteiger charge is -2.31. The van der Waals surface area contributed by atoms with Crippen LogP contribution >= 0.6 is 0 Å². The summed E-state index contributed by atoms with van der Waals surface area (Å²) >= 11 is 0. The summed E-state index contributed by atoms with van der Waals surface area (Å²) in [7, 11) is 6.17. The highest BCUT2D eigenvalue weighted by Crippen LogP contribution is 2.33. The smallest absolute Gasteiger partial charge is 0.0367 e. The molecule has 2 heteroatoms. The largest absolute Gasteiger partial charge is 0.378 e. The molecule has 1 rings (SSSR count). The molecule has 0 bridgehead atoms. The van der Waals surface area contributed by atoms with Crippen molar-refractivity contribution in [3.63, 3.8) is 0 Å². The van der Waals surface area contributed by atoms with Crippen LogP contribution < -0.4 is 10.2 Å². The molecule has 0 radical (unpaired) electrons. The van der Waals surface area contributed by atoms with E-state index in [4.69, 9.17) is 0 Å². The summed E-state index contributed by atoms with van der Waals surface area (Å²) < 4.78 is 0. The summed E-state index contributed by atoms with van der Waals surface area (Å²) in [5.41, 5.74) is 2.82. The number of hydrogen-bond donors (Lipinski definition) is 1. The first-order chi connectivity index (χ1) is 7.36. The van der Waals surface area contributed by atoms with Gasteiger partial charge in [-0.15, -0.1) is 0 Å². The summed E-state index contributed by atoms with van der Waals surface area (Å²) in [6, 6.07) is 9.10. The van der Waals surface area contributed by atoms with Crippen LogP contribution in [0.5, 0.6) is 0 Å². The van der Waals surface area contributed by atoms with Crippen molar-refractivity contribution < 1.29 is 0 Å². The maximum atomic E-state index is 3.41. The van der Waals surface area contributed by atoms with Gasteiger partial charge in [0.2, 0.25) is 0 Å². The Kier molecular flexibility index (Phi) is 3.98. The van der Waals surface area contributed by atoms with Crippen molar-refractivity contribution in [2.24, 2.45) is 5.41 Å². The van der Waals surface area contributed by atoms with Crippen molar-refractivity contribution in [2.75, 3.05) is 26.0 Å². The highest BCUT2D eigenvalue weighted by molar-refractivity contribution is 5.48. The maximum absolute atomic E-state index is 3.41. The average molecular weight is 220 g/mol. The van der Waals surface area contributed by atoms with Gasteiger partial charge in [-0.25, -0.2) is 0 Å². The van der Waals surface area contributed by atoms with E-state index in [1.165, 1.54) is 11.3 Å². The molecule has 16 heavy (non-hydrogen) atoms. The molecular weight excluding hydrogens is 196 g/mol. The second-order valence-corrected chi connectivity index (χ2v) is 5.58. The molecule has 0 aliphatic rings. The molecule has 0 saturated carbocycles. The van der Waals surface area contributed by atoms with Crippen LogP contribution in [0.1, 0.15) is 32.4 Å². The summed E-state index contributed by atoms with van der Waals surface area (Å²) in [5, 5.41) is 3.41. The van der Waals surface area contributed by atoms with Crippen LogP contribution in [-0.2, 0) is 0 Å². The van der Waals surface area contributed by atoms with E-state index in [2.05, 4.69) is 69.3 Å². The Morgan fingerprint density at radius 2 is 1.81 bits per heavy atom. The van der Waals surface area contributed by atoms with Gasteiger partial charge in [-0.05, 0) is 30.2 Å². The van der Waals surface area contributed by atoms with Crippen molar-refractivity contribution in [1.29, 1.82) is 0 Å². The predicted octanol–water partition coefficient (Wildman–Crippen LogP) is 3.06. The molecule has 0 heterocycles. The second kappa shape index (κ2) is 4.88. The van der Waals surface area contributed by atoms with E-state index in [9.17, 15) is 0 Å². The van der Waals surface area contributed by atoms with Gasteiger partial charge in [-0.2, -0.15) is 0 Å². The molecular formula is C14H24N2. The molecule has 0 aliphatic heterocycles. The van der Waals surface area contributed by atoms with E-state index in [0.717, 1.165) is 0 Å². The molecule has 1 N–H and O–H groups in total. The third kappa shape index (κ3) is 2.99. The van der Waals surface area contributed by atoms with Crippen LogP contribution in [0.4, 0.5) is 5.69 Å². The van der Waals surface area contributed by atoms with Crippen LogP contribution in [0.2, 0.25) is 0 Å². The number of hydrogen-bond acceptors (Lipinski definition) is 2. The maximum Gasteiger partial charge on any atom is 0.0367 e. The zero-order valence-electron chi connectivity index (χ0n) is 11.3. The number of nitrogens with zero attached hydrogens (tertiary/aromatic N) is 1. The minimum atomic E-state index is 0.222. The fourth-order valence-electron chi connectivity index (χ4n) is 2.08. The first kappa shape index (κ1) is 13.0. The van der Waals surface area contributed by atoms with Crippen LogP contribution in [0.3, 0.4) is 0 Å². The topological polar surface area (TPSA) is 15.3 Å². The summed E-state index contributed by atoms with van der Waals surface area (Å²) in [4.78, 5) is 2.14. The lowest BCUT2D eigenvalue weighted by atomic mass is 9.82. The number of rotatable bonds is 3. The van der Waals surface area contributed by atoms with Crippen molar-refractivity contribution in [3.8, 4) is 0 Å². The predicted molar refractivity (Wildman–Crippen MR) is 72.0 cm³/mol. The van der Waals surface area contributed by atoms with Gasteiger partial charge in [0.15, 0.2) is 0 Å². The summed E-state index contributed by atoms with van der Waals surface area (Å²) in [6.45, 7) is 6.78. The average Bonchev–Trinajstić information content (AvgIpc) is 2.17. The van der Waals surface area contributed by atoms with Gasteiger partial charge in [-0.1, -0.05) is 32.9 Å². The Morgan fingerprint density at radius 1 is 1.19 bits per heavy atom. The van der Waals surface area contributed by atoms with Crippen LogP contribution in [0, 0.1) is 5.41 Å². The molecule has 1 atom stereocenters. The zero-order chi connectivity index (χ0) is 12.3. The molecule has 1 aromatic rings. The van der Waals surface area contributed by atoms with E-state index in [0.29, 0.717) is 6.04 Å². The SMILES string of the molecule is CNC(c1cccc(N(C)C)c1)C(C)(C)C. The Labute approximate surface area is 99.7 Å². The lowest BCUT2D eigenvalue weighted by Crippen LogP contribution is -2.29. The van der Waals surface area contributed by atoms with Crippen LogP contribution in [0.25, 0.3) is 0 Å². The molecule has 2 nitrogen and oxygen atoms in total. The lowest BCUT2D eigenvalue weighted by molar-refractivity contribution is 0.287. The molecule has 1 aromatic carbocycles. The van der Waals surface area contributed by atoms with Crippen molar-refractivity contribution in [1.82, 2.24) is 5.32 Å². The molecule has 90 valence electrons. The van der Waals surface area contributed by atoms with E-state index >= 15 is 0 Å². The summed E-state index contributed by atoms with van der Waals surface area (Å²) in [5.74, 6) is 0. The highest BCUT2D eigenvalue weighted by Gasteiger charge is 2.24. The number of anilines is 1. The van der Waals surface area contributed by atoms with Gasteiger partial charge >= 0.3 is 0 Å². The van der Waals surface area contributed by atoms with Gasteiger partial charge < -0.3 is 10.2 Å². The van der Waals surface area contributed by atoms with Gasteiger partial charge in [0, 0.05) is 25.8 Å². The number of nitrogens with one attached hydrogen (secondary N) is 1. The first-order valence-corrected chi connectivity index (χ1v) is 5.81. The monoisotopic (exact) mass is 220 g/mol. The molecule has 0 spiro atoms. The van der Waals surface area contributed by atoms with Gasteiger partial charge in [-0.3, -0.25) is 0 Å². The fourth-order valence-corrected chi connectivity index (χ4v) is 2.08. The minimum absolute atomic E-state index is 0.222. The van der Waals surface area contributed by atoms with E-state index in [1.807, 2.05) is 7.05 Å². The molecule has 0 fully saturated rings. The fraction of sp³-hybridized carbons (Fsp3) is 0.571. The van der Waals surface area contributed by atoms with Gasteiger partial charge in [0.25, 0.3) is 0 Å². The Bertz CT molecular complexity index is 337. The molecule has 1 unspecified atom stereocenters. The first-order valence-electron chi connectivity index (χ1n) is 5.81. The molecule has 0 aliphatic carbocycles. The molecule has 0 aromatic heterocycles. The van der Waals surface area contributed by atoms with Crippen LogP contribution in [-0.4, -0.2) is 21.1 Å². The van der Waals surface area contributed by atoms with Gasteiger partial charge in [0.1, 0.15) is 0 Å². The van der Waals surface area contributed by atoms with E-state index < -0.39 is 0 Å². The minimum Gasteiger partial charge on any atom is -0.378 e. The molecule has 0 saturated heterocycles. The zero-order valence-corrected chi connectivity index (χ0v) is 11.3. The molecule has 0 amide bonds. The van der Waals surface area contributed by atoms with Crippen molar-refractivity contribution in [2.45, 2.75) is 26.8 Å². The normalized spacial score (nSPS) is 13.6. The van der Waals surface area contributed by atoms with E-state index in [-0.39, 0.29) is 5.41 Å². The second-order valence-electron chi connectivity index (χ2n) is 5.58. The number of benzene rings is 1. The third-order valence-corrected chi connectivity index (χ3v) is 2.87. The highest BCUT2D eigenvalue weighted by atomic mass is 15.1. The van der Waals surface area contributed by atoms with Crippen molar-refractivity contribution in [3.05, 3.63) is 29.8 Å². The van der Waals surface area contributed by atoms with Crippen LogP contribution in [0.15, 0.2) is 24.3 Å². The Balaban J connectivity index is 3.07. The van der Waals surface area contributed by atoms with Crippen molar-refractivity contribution >= 4 is 5.69 Å². The van der Waals surface area contributed by atoms with Gasteiger partial charge in [0.05, 0.1) is 0 Å². The standard InChI is InChI=1S/C14H24N2/c1-14(2,3)13(15-4)11-8-7-9-12(10-11)16(5)6/h7-10,13,15H,1-6H3. The Morgan fingerprint density at radius 3 is 2.25 bits per heavy atom. The summed E-state index contributed by atoms with van der Waals surface area (Å²) in [6.07, 6.45) is 0. The Hall–Kier alpha value is -1.02.